The summed E-state index contributed by atoms with van der Waals surface area (Å²) in [7, 11) is 0. The minimum Gasteiger partial charge on any atom is -0.544 e. The Morgan fingerprint density at radius 1 is 0.544 bits per heavy atom. The highest BCUT2D eigenvalue weighted by atomic mass is 79.9. The quantitative estimate of drug-likeness (QED) is 0.0409. The lowest BCUT2D eigenvalue weighted by atomic mass is 10.1. The van der Waals surface area contributed by atoms with Crippen LogP contribution in [0.25, 0.3) is 6.08 Å². The molecule has 2 nitrogen and oxygen atoms in total. The fourth-order valence-corrected chi connectivity index (χ4v) is 5.62. The van der Waals surface area contributed by atoms with Gasteiger partial charge < -0.3 is 9.47 Å². The molecule has 312 valence electrons. The Bertz CT molecular complexity index is 1580. The maximum absolute atomic E-state index is 12.5. The first-order valence-electron chi connectivity index (χ1n) is 19.8. The molecular weight excluding hydrogens is 802 g/mol. The normalized spacial score (nSPS) is 14.7. The van der Waals surface area contributed by atoms with E-state index in [1.165, 1.54) is 82.1 Å². The van der Waals surface area contributed by atoms with E-state index in [0.29, 0.717) is 4.47 Å². The summed E-state index contributed by atoms with van der Waals surface area (Å²) < 4.78 is 84.9. The van der Waals surface area contributed by atoms with E-state index >= 15 is 0 Å². The summed E-state index contributed by atoms with van der Waals surface area (Å²) in [6.45, 7) is 5.32. The summed E-state index contributed by atoms with van der Waals surface area (Å²) in [5.41, 5.74) is 1.81. The van der Waals surface area contributed by atoms with E-state index in [1.54, 1.807) is 0 Å². The molecule has 57 heavy (non-hydrogen) atoms. The van der Waals surface area contributed by atoms with Gasteiger partial charge in [0.2, 0.25) is 0 Å². The standard InChI is InChI=1S/C24H28F3O.C17H25O.C7H4BrF3/c25-24(26,27)23-17-15-21(16-18-23)12-8-5-3-1-2-4-6-11-19-28-20-22-13-9-7-10-14-22;1-2-3-4-5-6-7-8-12-15-18-16-17-13-10-9-11-14-17;8-6-3-1-5(2-4-6)7(9,10)11/h7-10,12-18,20H,1-6,11,19H2;2,9-11,13-14,16H,1,3-8,12,15H2;1-4H/q2*-1;/b12-8+;;. The molecule has 9 heteroatoms. The van der Waals surface area contributed by atoms with Gasteiger partial charge >= 0.3 is 12.4 Å². The van der Waals surface area contributed by atoms with Gasteiger partial charge in [0.25, 0.3) is 0 Å². The average Bonchev–Trinajstić information content (AvgIpc) is 3.20. The van der Waals surface area contributed by atoms with Crippen molar-refractivity contribution in [2.75, 3.05) is 13.2 Å². The zero-order valence-electron chi connectivity index (χ0n) is 32.8. The molecule has 0 saturated heterocycles. The molecule has 2 aliphatic carbocycles. The number of benzene rings is 2. The van der Waals surface area contributed by atoms with Gasteiger partial charge in [0.15, 0.2) is 0 Å². The van der Waals surface area contributed by atoms with Gasteiger partial charge in [-0.05, 0) is 80.5 Å². The van der Waals surface area contributed by atoms with Gasteiger partial charge in [-0.15, -0.1) is 79.2 Å². The van der Waals surface area contributed by atoms with Crippen molar-refractivity contribution in [2.24, 2.45) is 0 Å². The van der Waals surface area contributed by atoms with E-state index in [-0.39, 0.29) is 0 Å². The van der Waals surface area contributed by atoms with Gasteiger partial charge in [0.1, 0.15) is 0 Å². The Morgan fingerprint density at radius 3 is 1.39 bits per heavy atom. The van der Waals surface area contributed by atoms with Gasteiger partial charge in [-0.1, -0.05) is 97.7 Å². The van der Waals surface area contributed by atoms with Crippen molar-refractivity contribution in [3.63, 3.8) is 0 Å². The summed E-state index contributed by atoms with van der Waals surface area (Å²) in [5, 5.41) is 0. The molecule has 0 fully saturated rings. The second-order valence-corrected chi connectivity index (χ2v) is 14.3. The molecule has 0 atom stereocenters. The van der Waals surface area contributed by atoms with E-state index in [1.807, 2.05) is 79.7 Å². The zero-order valence-corrected chi connectivity index (χ0v) is 34.3. The predicted octanol–water partition coefficient (Wildman–Crippen LogP) is 16.3. The maximum Gasteiger partial charge on any atom is 0.416 e. The minimum absolute atomic E-state index is 0.604. The zero-order chi connectivity index (χ0) is 41.5. The van der Waals surface area contributed by atoms with Crippen LogP contribution in [0.1, 0.15) is 107 Å². The van der Waals surface area contributed by atoms with E-state index in [0.717, 1.165) is 86.3 Å². The van der Waals surface area contributed by atoms with Crippen LogP contribution in [0.4, 0.5) is 26.3 Å². The van der Waals surface area contributed by atoms with Crippen LogP contribution < -0.4 is 0 Å². The lowest BCUT2D eigenvalue weighted by Gasteiger charge is -2.11. The van der Waals surface area contributed by atoms with Crippen LogP contribution in [0.15, 0.2) is 144 Å². The Morgan fingerprint density at radius 2 is 0.965 bits per heavy atom. The van der Waals surface area contributed by atoms with Crippen LogP contribution in [0.5, 0.6) is 0 Å². The average molecular weight is 860 g/mol. The number of hydrogen-bond acceptors (Lipinski definition) is 2. The minimum atomic E-state index is -4.27. The van der Waals surface area contributed by atoms with E-state index < -0.39 is 23.5 Å². The highest BCUT2D eigenvalue weighted by Gasteiger charge is 2.30. The highest BCUT2D eigenvalue weighted by molar-refractivity contribution is 9.10. The van der Waals surface area contributed by atoms with Crippen molar-refractivity contribution in [2.45, 2.75) is 102 Å². The molecular formula is C48H57BrF6O2-2. The molecule has 2 aromatic rings. The largest absolute Gasteiger partial charge is 0.544 e. The van der Waals surface area contributed by atoms with E-state index in [4.69, 9.17) is 9.47 Å². The van der Waals surface area contributed by atoms with Crippen molar-refractivity contribution in [3.05, 3.63) is 174 Å². The van der Waals surface area contributed by atoms with Crippen molar-refractivity contribution in [1.29, 1.82) is 0 Å². The number of hydrogen-bond donors (Lipinski definition) is 0. The molecule has 0 amide bonds. The fraction of sp³-hybridized carbons (Fsp3) is 0.375. The smallest absolute Gasteiger partial charge is 0.416 e. The first kappa shape index (κ1) is 48.9. The predicted molar refractivity (Wildman–Crippen MR) is 228 cm³/mol. The lowest BCUT2D eigenvalue weighted by molar-refractivity contribution is -0.138. The Kier molecular flexibility index (Phi) is 25.7. The summed E-state index contributed by atoms with van der Waals surface area (Å²) in [6, 6.07) is 10.1. The third-order valence-corrected chi connectivity index (χ3v) is 9.09. The molecule has 0 heterocycles. The monoisotopic (exact) mass is 858 g/mol. The van der Waals surface area contributed by atoms with Gasteiger partial charge in [-0.2, -0.15) is 26.3 Å². The number of rotatable bonds is 21. The van der Waals surface area contributed by atoms with Crippen LogP contribution >= 0.6 is 15.9 Å². The van der Waals surface area contributed by atoms with Crippen LogP contribution in [-0.4, -0.2) is 13.2 Å². The number of halogens is 7. The first-order valence-corrected chi connectivity index (χ1v) is 20.6. The topological polar surface area (TPSA) is 18.5 Å². The fourth-order valence-electron chi connectivity index (χ4n) is 5.35. The molecule has 4 rings (SSSR count). The molecule has 0 aromatic heterocycles. The highest BCUT2D eigenvalue weighted by Crippen LogP contribution is 2.30. The number of alkyl halides is 6. The SMILES string of the molecule is C=CCCCCCCCCOC=C1C=CC=C[CH-]1.FC(F)(F)c1ccc(/C=C/CCCCCCCCOC=C2C=CC=C[CH-]2)cc1.FC(F)(F)c1ccc(Br)cc1. The second kappa shape index (κ2) is 29.9. The second-order valence-electron chi connectivity index (χ2n) is 13.4. The molecule has 2 aliphatic rings. The number of unbranched alkanes of at least 4 members (excludes halogenated alkanes) is 12. The Balaban J connectivity index is 0.000000329. The number of ether oxygens (including phenoxy) is 2. The Labute approximate surface area is 345 Å². The van der Waals surface area contributed by atoms with Crippen molar-refractivity contribution in [1.82, 2.24) is 0 Å². The van der Waals surface area contributed by atoms with Crippen LogP contribution in [0.2, 0.25) is 0 Å². The molecule has 0 radical (unpaired) electrons. The van der Waals surface area contributed by atoms with Crippen molar-refractivity contribution >= 4 is 22.0 Å². The molecule has 0 aliphatic heterocycles. The van der Waals surface area contributed by atoms with Gasteiger partial charge in [-0.25, -0.2) is 0 Å². The molecule has 2 aromatic carbocycles. The van der Waals surface area contributed by atoms with E-state index in [9.17, 15) is 26.3 Å². The van der Waals surface area contributed by atoms with Crippen LogP contribution in [0, 0.1) is 12.8 Å². The van der Waals surface area contributed by atoms with Crippen LogP contribution in [0.3, 0.4) is 0 Å². The lowest BCUT2D eigenvalue weighted by Crippen LogP contribution is -2.03. The third-order valence-electron chi connectivity index (χ3n) is 8.56. The summed E-state index contributed by atoms with van der Waals surface area (Å²) in [4.78, 5) is 0. The summed E-state index contributed by atoms with van der Waals surface area (Å²) in [6.07, 6.45) is 38.1. The van der Waals surface area contributed by atoms with Gasteiger partial charge in [-0.3, -0.25) is 0 Å². The number of allylic oxidation sites excluding steroid dienone is 12. The molecule has 0 N–H and O–H groups in total. The summed E-state index contributed by atoms with van der Waals surface area (Å²) >= 11 is 3.04. The summed E-state index contributed by atoms with van der Waals surface area (Å²) in [5.74, 6) is 0. The molecule has 0 spiro atoms. The maximum atomic E-state index is 12.5. The third kappa shape index (κ3) is 25.6. The molecule has 0 saturated carbocycles. The van der Waals surface area contributed by atoms with E-state index in [2.05, 4.69) is 35.0 Å². The van der Waals surface area contributed by atoms with Crippen molar-refractivity contribution in [3.8, 4) is 0 Å². The Hall–Kier alpha value is -4.24. The molecule has 0 unspecified atom stereocenters. The molecule has 0 bridgehead atoms. The van der Waals surface area contributed by atoms with Gasteiger partial charge in [0.05, 0.1) is 24.3 Å². The van der Waals surface area contributed by atoms with Gasteiger partial charge in [0, 0.05) is 17.0 Å². The first-order chi connectivity index (χ1) is 27.5. The van der Waals surface area contributed by atoms with Crippen molar-refractivity contribution < 1.29 is 35.8 Å². The van der Waals surface area contributed by atoms with Crippen LogP contribution in [-0.2, 0) is 21.8 Å².